The van der Waals surface area contributed by atoms with Crippen molar-refractivity contribution < 1.29 is 21.9 Å². The molecule has 0 aromatic heterocycles. The van der Waals surface area contributed by atoms with Crippen molar-refractivity contribution in [1.82, 2.24) is 4.72 Å². The summed E-state index contributed by atoms with van der Waals surface area (Å²) in [5, 5.41) is 0. The SMILES string of the molecule is COc1ccc(CCNS(=O)(=O)c2ccc(F)cc2)cc1F. The second kappa shape index (κ2) is 6.85. The molecule has 118 valence electrons. The van der Waals surface area contributed by atoms with Gasteiger partial charge in [-0.05, 0) is 48.4 Å². The van der Waals surface area contributed by atoms with Crippen molar-refractivity contribution in [2.24, 2.45) is 0 Å². The summed E-state index contributed by atoms with van der Waals surface area (Å²) in [4.78, 5) is -0.0187. The minimum Gasteiger partial charge on any atom is -0.494 e. The van der Waals surface area contributed by atoms with Gasteiger partial charge in [0.15, 0.2) is 11.6 Å². The van der Waals surface area contributed by atoms with Crippen LogP contribution in [0.25, 0.3) is 0 Å². The van der Waals surface area contributed by atoms with Gasteiger partial charge in [-0.3, -0.25) is 0 Å². The van der Waals surface area contributed by atoms with E-state index in [1.807, 2.05) is 0 Å². The van der Waals surface area contributed by atoms with E-state index in [1.165, 1.54) is 31.4 Å². The summed E-state index contributed by atoms with van der Waals surface area (Å²) in [5.74, 6) is -0.871. The molecule has 2 aromatic carbocycles. The molecule has 0 aliphatic carbocycles. The van der Waals surface area contributed by atoms with Gasteiger partial charge >= 0.3 is 0 Å². The summed E-state index contributed by atoms with van der Waals surface area (Å²) < 4.78 is 57.4. The van der Waals surface area contributed by atoms with Crippen molar-refractivity contribution >= 4 is 10.0 Å². The number of methoxy groups -OCH3 is 1. The Morgan fingerprint density at radius 1 is 1.09 bits per heavy atom. The fraction of sp³-hybridized carbons (Fsp3) is 0.200. The van der Waals surface area contributed by atoms with Crippen LogP contribution in [0.4, 0.5) is 8.78 Å². The van der Waals surface area contributed by atoms with E-state index in [9.17, 15) is 17.2 Å². The fourth-order valence-electron chi connectivity index (χ4n) is 1.89. The van der Waals surface area contributed by atoms with E-state index in [0.717, 1.165) is 12.1 Å². The zero-order valence-electron chi connectivity index (χ0n) is 11.8. The Labute approximate surface area is 127 Å². The number of nitrogens with one attached hydrogen (secondary N) is 1. The van der Waals surface area contributed by atoms with Crippen LogP contribution in [0.5, 0.6) is 5.75 Å². The van der Waals surface area contributed by atoms with Crippen molar-refractivity contribution in [3.63, 3.8) is 0 Å². The number of hydrogen-bond donors (Lipinski definition) is 1. The Balaban J connectivity index is 1.98. The molecule has 0 radical (unpaired) electrons. The van der Waals surface area contributed by atoms with E-state index in [2.05, 4.69) is 4.72 Å². The van der Waals surface area contributed by atoms with Gasteiger partial charge in [0.1, 0.15) is 5.82 Å². The van der Waals surface area contributed by atoms with Gasteiger partial charge in [0, 0.05) is 6.54 Å². The lowest BCUT2D eigenvalue weighted by atomic mass is 10.1. The van der Waals surface area contributed by atoms with E-state index in [4.69, 9.17) is 4.74 Å². The van der Waals surface area contributed by atoms with Gasteiger partial charge in [0.2, 0.25) is 10.0 Å². The minimum atomic E-state index is -3.71. The monoisotopic (exact) mass is 327 g/mol. The molecule has 0 fully saturated rings. The Morgan fingerprint density at radius 3 is 2.36 bits per heavy atom. The molecule has 2 aromatic rings. The highest BCUT2D eigenvalue weighted by Gasteiger charge is 2.13. The average Bonchev–Trinajstić information content (AvgIpc) is 2.48. The summed E-state index contributed by atoms with van der Waals surface area (Å²) in [5.41, 5.74) is 0.639. The Bertz CT molecular complexity index is 746. The van der Waals surface area contributed by atoms with Crippen LogP contribution in [0.2, 0.25) is 0 Å². The van der Waals surface area contributed by atoms with Crippen LogP contribution < -0.4 is 9.46 Å². The quantitative estimate of drug-likeness (QED) is 0.887. The fourth-order valence-corrected chi connectivity index (χ4v) is 2.92. The summed E-state index contributed by atoms with van der Waals surface area (Å²) in [6.45, 7) is 0.103. The Kier molecular flexibility index (Phi) is 5.10. The molecule has 2 rings (SSSR count). The van der Waals surface area contributed by atoms with Crippen LogP contribution in [0.3, 0.4) is 0 Å². The van der Waals surface area contributed by atoms with Gasteiger partial charge in [0.25, 0.3) is 0 Å². The van der Waals surface area contributed by atoms with Crippen molar-refractivity contribution in [2.45, 2.75) is 11.3 Å². The predicted molar refractivity (Wildman–Crippen MR) is 78.2 cm³/mol. The molecule has 0 saturated heterocycles. The molecule has 0 bridgehead atoms. The van der Waals surface area contributed by atoms with Gasteiger partial charge in [-0.1, -0.05) is 6.07 Å². The molecule has 0 amide bonds. The van der Waals surface area contributed by atoms with Crippen LogP contribution in [-0.2, 0) is 16.4 Å². The van der Waals surface area contributed by atoms with Crippen LogP contribution in [0.1, 0.15) is 5.56 Å². The number of hydrogen-bond acceptors (Lipinski definition) is 3. The zero-order chi connectivity index (χ0) is 16.2. The van der Waals surface area contributed by atoms with Gasteiger partial charge in [-0.15, -0.1) is 0 Å². The molecular formula is C15H15F2NO3S. The smallest absolute Gasteiger partial charge is 0.240 e. The van der Waals surface area contributed by atoms with Crippen LogP contribution in [0.15, 0.2) is 47.4 Å². The lowest BCUT2D eigenvalue weighted by Crippen LogP contribution is -2.26. The van der Waals surface area contributed by atoms with Crippen LogP contribution in [0, 0.1) is 11.6 Å². The van der Waals surface area contributed by atoms with Gasteiger partial charge < -0.3 is 4.74 Å². The van der Waals surface area contributed by atoms with Crippen LogP contribution in [-0.4, -0.2) is 22.1 Å². The maximum absolute atomic E-state index is 13.5. The first kappa shape index (κ1) is 16.4. The first-order valence-corrected chi connectivity index (χ1v) is 7.98. The van der Waals surface area contributed by atoms with E-state index in [0.29, 0.717) is 12.0 Å². The number of sulfonamides is 1. The first-order valence-electron chi connectivity index (χ1n) is 6.50. The molecular weight excluding hydrogens is 312 g/mol. The number of rotatable bonds is 6. The van der Waals surface area contributed by atoms with Gasteiger partial charge in [-0.2, -0.15) is 0 Å². The Hall–Kier alpha value is -1.99. The molecule has 0 saturated carbocycles. The first-order chi connectivity index (χ1) is 10.4. The van der Waals surface area contributed by atoms with Gasteiger partial charge in [0.05, 0.1) is 12.0 Å². The number of halogens is 2. The zero-order valence-corrected chi connectivity index (χ0v) is 12.7. The normalized spacial score (nSPS) is 11.4. The molecule has 4 nitrogen and oxygen atoms in total. The third kappa shape index (κ3) is 4.02. The Morgan fingerprint density at radius 2 is 1.77 bits per heavy atom. The minimum absolute atomic E-state index is 0.0187. The van der Waals surface area contributed by atoms with Crippen molar-refractivity contribution in [3.05, 3.63) is 59.7 Å². The molecule has 7 heteroatoms. The van der Waals surface area contributed by atoms with Crippen LogP contribution >= 0.6 is 0 Å². The maximum atomic E-state index is 13.5. The number of benzene rings is 2. The van der Waals surface area contributed by atoms with Gasteiger partial charge in [-0.25, -0.2) is 21.9 Å². The highest BCUT2D eigenvalue weighted by molar-refractivity contribution is 7.89. The topological polar surface area (TPSA) is 55.4 Å². The predicted octanol–water partition coefficient (Wildman–Crippen LogP) is 2.49. The molecule has 0 aliphatic rings. The molecule has 0 heterocycles. The lowest BCUT2D eigenvalue weighted by molar-refractivity contribution is 0.386. The number of ether oxygens (including phenoxy) is 1. The molecule has 0 spiro atoms. The highest BCUT2D eigenvalue weighted by Crippen LogP contribution is 2.18. The lowest BCUT2D eigenvalue weighted by Gasteiger charge is -2.08. The molecule has 0 aliphatic heterocycles. The maximum Gasteiger partial charge on any atom is 0.240 e. The third-order valence-corrected chi connectivity index (χ3v) is 4.52. The van der Waals surface area contributed by atoms with E-state index < -0.39 is 21.7 Å². The summed E-state index contributed by atoms with van der Waals surface area (Å²) in [6, 6.07) is 8.97. The van der Waals surface area contributed by atoms with Crippen molar-refractivity contribution in [3.8, 4) is 5.75 Å². The van der Waals surface area contributed by atoms with E-state index in [1.54, 1.807) is 6.07 Å². The van der Waals surface area contributed by atoms with E-state index in [-0.39, 0.29) is 17.2 Å². The third-order valence-electron chi connectivity index (χ3n) is 3.05. The largest absolute Gasteiger partial charge is 0.494 e. The second-order valence-corrected chi connectivity index (χ2v) is 6.34. The highest BCUT2D eigenvalue weighted by atomic mass is 32.2. The summed E-state index contributed by atoms with van der Waals surface area (Å²) >= 11 is 0. The molecule has 0 unspecified atom stereocenters. The summed E-state index contributed by atoms with van der Waals surface area (Å²) in [7, 11) is -2.34. The summed E-state index contributed by atoms with van der Waals surface area (Å²) in [6.07, 6.45) is 0.321. The van der Waals surface area contributed by atoms with Crippen molar-refractivity contribution in [1.29, 1.82) is 0 Å². The second-order valence-electron chi connectivity index (χ2n) is 4.57. The molecule has 22 heavy (non-hydrogen) atoms. The standard InChI is InChI=1S/C15H15F2NO3S/c1-21-15-7-2-11(10-14(15)17)8-9-18-22(19,20)13-5-3-12(16)4-6-13/h2-7,10,18H,8-9H2,1H3. The molecule has 1 N–H and O–H groups in total. The van der Waals surface area contributed by atoms with Crippen molar-refractivity contribution in [2.75, 3.05) is 13.7 Å². The molecule has 0 atom stereocenters. The van der Waals surface area contributed by atoms with E-state index >= 15 is 0 Å². The average molecular weight is 327 g/mol.